The average Bonchev–Trinajstić information content (AvgIpc) is 1.68. The van der Waals surface area contributed by atoms with Crippen molar-refractivity contribution in [1.82, 2.24) is 0 Å². The lowest BCUT2D eigenvalue weighted by molar-refractivity contribution is 1.44. The Morgan fingerprint density at radius 3 is 2.29 bits per heavy atom. The van der Waals surface area contributed by atoms with Crippen molar-refractivity contribution in [2.75, 3.05) is 7.05 Å². The molecule has 0 aliphatic carbocycles. The highest BCUT2D eigenvalue weighted by molar-refractivity contribution is 5.77. The van der Waals surface area contributed by atoms with Gasteiger partial charge in [0, 0.05) is 13.3 Å². The van der Waals surface area contributed by atoms with E-state index in [1.54, 1.807) is 7.05 Å². The summed E-state index contributed by atoms with van der Waals surface area (Å²) in [5, 5.41) is 0. The quantitative estimate of drug-likeness (QED) is 0.441. The maximum Gasteiger partial charge on any atom is 0.0277 e. The van der Waals surface area contributed by atoms with Crippen LogP contribution < -0.4 is 0 Å². The van der Waals surface area contributed by atoms with Crippen molar-refractivity contribution in [2.24, 2.45) is 4.99 Å². The van der Waals surface area contributed by atoms with E-state index in [1.165, 1.54) is 5.57 Å². The second-order valence-corrected chi connectivity index (χ2v) is 1.42. The van der Waals surface area contributed by atoms with Gasteiger partial charge in [-0.1, -0.05) is 6.08 Å². The number of rotatable bonds is 1. The molecule has 0 aromatic heterocycles. The van der Waals surface area contributed by atoms with E-state index in [1.807, 2.05) is 26.1 Å². The third-order valence-corrected chi connectivity index (χ3v) is 0.788. The lowest BCUT2D eigenvalue weighted by Gasteiger charge is -1.80. The first kappa shape index (κ1) is 6.41. The zero-order chi connectivity index (χ0) is 5.70. The summed E-state index contributed by atoms with van der Waals surface area (Å²) in [6, 6.07) is 0. The van der Waals surface area contributed by atoms with Crippen molar-refractivity contribution in [3.05, 3.63) is 11.6 Å². The Morgan fingerprint density at radius 2 is 2.14 bits per heavy atom. The van der Waals surface area contributed by atoms with E-state index in [9.17, 15) is 0 Å². The number of hydrogen-bond donors (Lipinski definition) is 0. The van der Waals surface area contributed by atoms with Crippen LogP contribution in [0.3, 0.4) is 0 Å². The SMILES string of the molecule is C/C=C(/C)C=NC. The Balaban J connectivity index is 3.58. The third-order valence-electron chi connectivity index (χ3n) is 0.788. The second-order valence-electron chi connectivity index (χ2n) is 1.42. The molecular weight excluding hydrogens is 86.1 g/mol. The summed E-state index contributed by atoms with van der Waals surface area (Å²) in [7, 11) is 1.77. The van der Waals surface area contributed by atoms with E-state index in [-0.39, 0.29) is 0 Å². The second kappa shape index (κ2) is 3.59. The molecule has 0 saturated heterocycles. The van der Waals surface area contributed by atoms with Crippen LogP contribution in [-0.4, -0.2) is 13.3 Å². The van der Waals surface area contributed by atoms with E-state index in [4.69, 9.17) is 0 Å². The molecule has 40 valence electrons. The lowest BCUT2D eigenvalue weighted by Crippen LogP contribution is -1.72. The van der Waals surface area contributed by atoms with Crippen LogP contribution in [0.2, 0.25) is 0 Å². The van der Waals surface area contributed by atoms with Gasteiger partial charge in [0.25, 0.3) is 0 Å². The summed E-state index contributed by atoms with van der Waals surface area (Å²) in [6.45, 7) is 4.02. The first-order chi connectivity index (χ1) is 3.31. The van der Waals surface area contributed by atoms with Gasteiger partial charge in [-0.2, -0.15) is 0 Å². The van der Waals surface area contributed by atoms with Crippen molar-refractivity contribution >= 4 is 6.21 Å². The van der Waals surface area contributed by atoms with Crippen molar-refractivity contribution in [3.8, 4) is 0 Å². The molecule has 0 N–H and O–H groups in total. The highest BCUT2D eigenvalue weighted by Gasteiger charge is 1.71. The summed E-state index contributed by atoms with van der Waals surface area (Å²) < 4.78 is 0. The third kappa shape index (κ3) is 3.23. The fraction of sp³-hybridized carbons (Fsp3) is 0.500. The van der Waals surface area contributed by atoms with E-state index in [0.717, 1.165) is 0 Å². The van der Waals surface area contributed by atoms with Gasteiger partial charge >= 0.3 is 0 Å². The van der Waals surface area contributed by atoms with E-state index >= 15 is 0 Å². The molecule has 0 aromatic rings. The van der Waals surface area contributed by atoms with Crippen molar-refractivity contribution in [3.63, 3.8) is 0 Å². The van der Waals surface area contributed by atoms with Crippen molar-refractivity contribution in [1.29, 1.82) is 0 Å². The molecule has 0 unspecified atom stereocenters. The number of nitrogens with zero attached hydrogens (tertiary/aromatic N) is 1. The van der Waals surface area contributed by atoms with Crippen LogP contribution in [0.5, 0.6) is 0 Å². The molecule has 0 fully saturated rings. The van der Waals surface area contributed by atoms with Gasteiger partial charge in [-0.05, 0) is 19.4 Å². The van der Waals surface area contributed by atoms with Crippen molar-refractivity contribution < 1.29 is 0 Å². The number of allylic oxidation sites excluding steroid dienone is 2. The molecule has 0 aromatic carbocycles. The molecule has 0 saturated carbocycles. The van der Waals surface area contributed by atoms with Crippen LogP contribution in [0.15, 0.2) is 16.6 Å². The minimum Gasteiger partial charge on any atom is -0.296 e. The topological polar surface area (TPSA) is 12.4 Å². The lowest BCUT2D eigenvalue weighted by atomic mass is 10.3. The van der Waals surface area contributed by atoms with Gasteiger partial charge < -0.3 is 0 Å². The van der Waals surface area contributed by atoms with Gasteiger partial charge in [0.05, 0.1) is 0 Å². The summed E-state index contributed by atoms with van der Waals surface area (Å²) >= 11 is 0. The Kier molecular flexibility index (Phi) is 3.29. The summed E-state index contributed by atoms with van der Waals surface area (Å²) in [4.78, 5) is 3.81. The van der Waals surface area contributed by atoms with Crippen LogP contribution in [0, 0.1) is 0 Å². The van der Waals surface area contributed by atoms with Gasteiger partial charge in [0.2, 0.25) is 0 Å². The highest BCUT2D eigenvalue weighted by atomic mass is 14.6. The molecule has 0 bridgehead atoms. The van der Waals surface area contributed by atoms with Gasteiger partial charge in [-0.3, -0.25) is 4.99 Å². The molecule has 0 radical (unpaired) electrons. The minimum atomic E-state index is 1.21. The normalized spacial score (nSPS) is 13.3. The zero-order valence-corrected chi connectivity index (χ0v) is 5.10. The molecule has 0 atom stereocenters. The van der Waals surface area contributed by atoms with Gasteiger partial charge in [-0.25, -0.2) is 0 Å². The van der Waals surface area contributed by atoms with Crippen molar-refractivity contribution in [2.45, 2.75) is 13.8 Å². The standard InChI is InChI=1S/C6H11N/c1-4-6(2)5-7-3/h4-5H,1-3H3/b6-4-,7-5?. The van der Waals surface area contributed by atoms with E-state index in [2.05, 4.69) is 4.99 Å². The first-order valence-electron chi connectivity index (χ1n) is 2.36. The molecule has 0 amide bonds. The Hall–Kier alpha value is -0.590. The molecule has 7 heavy (non-hydrogen) atoms. The van der Waals surface area contributed by atoms with E-state index in [0.29, 0.717) is 0 Å². The summed E-state index contributed by atoms with van der Waals surface area (Å²) in [5.41, 5.74) is 1.21. The van der Waals surface area contributed by atoms with Crippen LogP contribution in [0.25, 0.3) is 0 Å². The fourth-order valence-electron chi connectivity index (χ4n) is 0.278. The largest absolute Gasteiger partial charge is 0.296 e. The number of hydrogen-bond acceptors (Lipinski definition) is 1. The van der Waals surface area contributed by atoms with Crippen LogP contribution in [0.4, 0.5) is 0 Å². The van der Waals surface area contributed by atoms with Crippen LogP contribution in [-0.2, 0) is 0 Å². The molecule has 0 heterocycles. The van der Waals surface area contributed by atoms with Gasteiger partial charge in [0.15, 0.2) is 0 Å². The molecule has 0 aliphatic rings. The molecular formula is C6H11N. The van der Waals surface area contributed by atoms with E-state index < -0.39 is 0 Å². The minimum absolute atomic E-state index is 1.21. The fourth-order valence-corrected chi connectivity index (χ4v) is 0.278. The summed E-state index contributed by atoms with van der Waals surface area (Å²) in [6.07, 6.45) is 3.85. The van der Waals surface area contributed by atoms with Gasteiger partial charge in [-0.15, -0.1) is 0 Å². The molecule has 0 aliphatic heterocycles. The predicted octanol–water partition coefficient (Wildman–Crippen LogP) is 1.65. The predicted molar refractivity (Wildman–Crippen MR) is 33.8 cm³/mol. The first-order valence-corrected chi connectivity index (χ1v) is 2.36. The molecule has 0 spiro atoms. The maximum atomic E-state index is 3.81. The zero-order valence-electron chi connectivity index (χ0n) is 5.10. The molecule has 1 heteroatoms. The van der Waals surface area contributed by atoms with Crippen LogP contribution >= 0.6 is 0 Å². The molecule has 0 rings (SSSR count). The molecule has 1 nitrogen and oxygen atoms in total. The Bertz CT molecular complexity index is 90.4. The maximum absolute atomic E-state index is 3.81. The van der Waals surface area contributed by atoms with Crippen LogP contribution in [0.1, 0.15) is 13.8 Å². The van der Waals surface area contributed by atoms with Gasteiger partial charge in [0.1, 0.15) is 0 Å². The highest BCUT2D eigenvalue weighted by Crippen LogP contribution is 1.82. The number of aliphatic imine (C=N–C) groups is 1. The summed E-state index contributed by atoms with van der Waals surface area (Å²) in [5.74, 6) is 0. The average molecular weight is 97.2 g/mol. The monoisotopic (exact) mass is 97.1 g/mol. The Morgan fingerprint density at radius 1 is 1.57 bits per heavy atom. The Labute approximate surface area is 44.8 Å². The smallest absolute Gasteiger partial charge is 0.0277 e.